The summed E-state index contributed by atoms with van der Waals surface area (Å²) < 4.78 is 10.9. The molecule has 7 nitrogen and oxygen atoms in total. The third kappa shape index (κ3) is 5.82. The van der Waals surface area contributed by atoms with E-state index in [2.05, 4.69) is 32.9 Å². The van der Waals surface area contributed by atoms with Crippen molar-refractivity contribution in [3.8, 4) is 17.0 Å². The third-order valence-electron chi connectivity index (χ3n) is 4.74. The number of morpholine rings is 1. The second-order valence-corrected chi connectivity index (χ2v) is 8.37. The number of aromatic nitrogens is 1. The maximum Gasteiger partial charge on any atom is 0.191 e. The van der Waals surface area contributed by atoms with Crippen molar-refractivity contribution in [2.75, 3.05) is 43.1 Å². The van der Waals surface area contributed by atoms with Gasteiger partial charge in [-0.2, -0.15) is 5.10 Å². The second kappa shape index (κ2) is 11.0. The number of thiazole rings is 1. The van der Waals surface area contributed by atoms with E-state index in [1.54, 1.807) is 17.6 Å². The monoisotopic (exact) mass is 467 g/mol. The highest BCUT2D eigenvalue weighted by Gasteiger charge is 2.18. The Morgan fingerprint density at radius 1 is 1.19 bits per heavy atom. The Labute approximate surface area is 197 Å². The van der Waals surface area contributed by atoms with Crippen LogP contribution < -0.4 is 20.4 Å². The molecule has 2 heterocycles. The number of ether oxygens (including phenoxy) is 2. The minimum absolute atomic E-state index is 0.407. The molecular formula is C23H25N5O2S2. The molecule has 32 heavy (non-hydrogen) atoms. The smallest absolute Gasteiger partial charge is 0.191 e. The summed E-state index contributed by atoms with van der Waals surface area (Å²) >= 11 is 6.98. The summed E-state index contributed by atoms with van der Waals surface area (Å²) in [5.74, 6) is 0.824. The van der Waals surface area contributed by atoms with Crippen LogP contribution in [0.4, 0.5) is 10.8 Å². The highest BCUT2D eigenvalue weighted by atomic mass is 32.1. The molecule has 1 aromatic heterocycles. The number of hydrazone groups is 1. The molecule has 1 fully saturated rings. The van der Waals surface area contributed by atoms with Crippen molar-refractivity contribution >= 4 is 45.7 Å². The third-order valence-corrected chi connectivity index (χ3v) is 5.99. The van der Waals surface area contributed by atoms with Crippen LogP contribution in [0.3, 0.4) is 0 Å². The van der Waals surface area contributed by atoms with E-state index in [0.29, 0.717) is 11.7 Å². The van der Waals surface area contributed by atoms with Gasteiger partial charge in [0.2, 0.25) is 0 Å². The Bertz CT molecular complexity index is 1050. The van der Waals surface area contributed by atoms with Crippen molar-refractivity contribution in [2.45, 2.75) is 6.92 Å². The predicted molar refractivity (Wildman–Crippen MR) is 135 cm³/mol. The van der Waals surface area contributed by atoms with Gasteiger partial charge in [-0.1, -0.05) is 41.7 Å². The molecule has 0 atom stereocenters. The zero-order valence-corrected chi connectivity index (χ0v) is 19.4. The summed E-state index contributed by atoms with van der Waals surface area (Å²) in [6.45, 7) is 5.71. The highest BCUT2D eigenvalue weighted by Crippen LogP contribution is 2.32. The summed E-state index contributed by atoms with van der Waals surface area (Å²) in [5, 5.41) is 8.85. The van der Waals surface area contributed by atoms with E-state index in [-0.39, 0.29) is 0 Å². The first-order valence-electron chi connectivity index (χ1n) is 10.4. The maximum atomic E-state index is 5.47. The Balaban J connectivity index is 1.44. The number of nitrogens with zero attached hydrogens (tertiary/aromatic N) is 3. The predicted octanol–water partition coefficient (Wildman–Crippen LogP) is 4.37. The van der Waals surface area contributed by atoms with Crippen LogP contribution in [0.15, 0.2) is 59.7 Å². The first kappa shape index (κ1) is 22.2. The molecule has 2 N–H and O–H groups in total. The van der Waals surface area contributed by atoms with Gasteiger partial charge in [0.1, 0.15) is 5.75 Å². The fourth-order valence-electron chi connectivity index (χ4n) is 3.21. The van der Waals surface area contributed by atoms with E-state index in [1.807, 2.05) is 49.4 Å². The van der Waals surface area contributed by atoms with E-state index < -0.39 is 0 Å². The Kier molecular flexibility index (Phi) is 7.65. The molecule has 2 aromatic carbocycles. The largest absolute Gasteiger partial charge is 0.494 e. The lowest BCUT2D eigenvalue weighted by Crippen LogP contribution is -2.36. The van der Waals surface area contributed by atoms with E-state index in [1.165, 1.54) is 0 Å². The van der Waals surface area contributed by atoms with E-state index in [0.717, 1.165) is 59.0 Å². The minimum atomic E-state index is 0.407. The van der Waals surface area contributed by atoms with Crippen LogP contribution in [-0.4, -0.2) is 49.2 Å². The number of anilines is 2. The van der Waals surface area contributed by atoms with Gasteiger partial charge >= 0.3 is 0 Å². The van der Waals surface area contributed by atoms with Crippen LogP contribution in [-0.2, 0) is 4.74 Å². The highest BCUT2D eigenvalue weighted by molar-refractivity contribution is 7.80. The van der Waals surface area contributed by atoms with Gasteiger partial charge in [-0.3, -0.25) is 5.43 Å². The molecule has 0 saturated carbocycles. The molecule has 1 aliphatic heterocycles. The van der Waals surface area contributed by atoms with Gasteiger partial charge in [0.15, 0.2) is 10.2 Å². The quantitative estimate of drug-likeness (QED) is 0.304. The van der Waals surface area contributed by atoms with Gasteiger partial charge in [-0.15, -0.1) is 0 Å². The summed E-state index contributed by atoms with van der Waals surface area (Å²) in [7, 11) is 0. The molecule has 9 heteroatoms. The van der Waals surface area contributed by atoms with Gasteiger partial charge in [0, 0.05) is 24.3 Å². The molecule has 0 spiro atoms. The van der Waals surface area contributed by atoms with Crippen LogP contribution in [0.25, 0.3) is 11.3 Å². The molecule has 166 valence electrons. The Morgan fingerprint density at radius 2 is 1.94 bits per heavy atom. The molecule has 4 rings (SSSR count). The fourth-order valence-corrected chi connectivity index (χ4v) is 4.39. The van der Waals surface area contributed by atoms with Crippen LogP contribution >= 0.6 is 23.6 Å². The molecule has 0 aliphatic carbocycles. The lowest BCUT2D eigenvalue weighted by molar-refractivity contribution is 0.122. The van der Waals surface area contributed by atoms with Gasteiger partial charge in [0.05, 0.1) is 36.6 Å². The average Bonchev–Trinajstić information content (AvgIpc) is 3.26. The zero-order valence-electron chi connectivity index (χ0n) is 17.8. The summed E-state index contributed by atoms with van der Waals surface area (Å²) in [4.78, 5) is 8.12. The number of nitrogens with one attached hydrogen (secondary N) is 2. The van der Waals surface area contributed by atoms with Gasteiger partial charge in [-0.25, -0.2) is 4.98 Å². The van der Waals surface area contributed by atoms with Crippen molar-refractivity contribution in [1.82, 2.24) is 10.4 Å². The number of thiocarbonyl (C=S) groups is 1. The van der Waals surface area contributed by atoms with Crippen LogP contribution in [0.5, 0.6) is 5.75 Å². The van der Waals surface area contributed by atoms with Crippen LogP contribution in [0, 0.1) is 0 Å². The molecule has 0 amide bonds. The molecular weight excluding hydrogens is 442 g/mol. The summed E-state index contributed by atoms with van der Waals surface area (Å²) in [6.07, 6.45) is 1.77. The lowest BCUT2D eigenvalue weighted by Gasteiger charge is -2.26. The second-order valence-electron chi connectivity index (χ2n) is 6.96. The first-order chi connectivity index (χ1) is 15.7. The number of hydrogen-bond donors (Lipinski definition) is 2. The normalized spacial score (nSPS) is 13.8. The van der Waals surface area contributed by atoms with Crippen molar-refractivity contribution < 1.29 is 9.47 Å². The minimum Gasteiger partial charge on any atom is -0.494 e. The Hall–Kier alpha value is -3.01. The molecule has 0 radical (unpaired) electrons. The first-order valence-corrected chi connectivity index (χ1v) is 11.7. The molecule has 3 aromatic rings. The standard InChI is InChI=1S/C23H25N5O2S2/c1-2-30-19-10-8-18(9-11-19)25-22(31)27-24-16-20-21(17-6-4-3-5-7-17)26-23(32-20)28-12-14-29-15-13-28/h3-11,16H,2,12-15H2,1H3,(H2,25,27,31)/b24-16+. The molecule has 1 aliphatic rings. The van der Waals surface area contributed by atoms with E-state index >= 15 is 0 Å². The van der Waals surface area contributed by atoms with Gasteiger partial charge < -0.3 is 19.7 Å². The summed E-state index contributed by atoms with van der Waals surface area (Å²) in [5.41, 5.74) is 5.72. The van der Waals surface area contributed by atoms with Gasteiger partial charge in [-0.05, 0) is 43.4 Å². The fraction of sp³-hybridized carbons (Fsp3) is 0.261. The SMILES string of the molecule is CCOc1ccc(NC(=S)N/N=C/c2sc(N3CCOCC3)nc2-c2ccccc2)cc1. The molecule has 1 saturated heterocycles. The summed E-state index contributed by atoms with van der Waals surface area (Å²) in [6, 6.07) is 17.8. The number of benzene rings is 2. The topological polar surface area (TPSA) is 71.0 Å². The van der Waals surface area contributed by atoms with Crippen molar-refractivity contribution in [3.05, 3.63) is 59.5 Å². The number of rotatable bonds is 7. The average molecular weight is 468 g/mol. The van der Waals surface area contributed by atoms with Gasteiger partial charge in [0.25, 0.3) is 0 Å². The number of hydrogen-bond acceptors (Lipinski definition) is 7. The van der Waals surface area contributed by atoms with Crippen molar-refractivity contribution in [2.24, 2.45) is 5.10 Å². The zero-order chi connectivity index (χ0) is 22.2. The lowest BCUT2D eigenvalue weighted by atomic mass is 10.1. The van der Waals surface area contributed by atoms with E-state index in [9.17, 15) is 0 Å². The van der Waals surface area contributed by atoms with Crippen molar-refractivity contribution in [3.63, 3.8) is 0 Å². The van der Waals surface area contributed by atoms with Crippen molar-refractivity contribution in [1.29, 1.82) is 0 Å². The van der Waals surface area contributed by atoms with E-state index in [4.69, 9.17) is 26.7 Å². The van der Waals surface area contributed by atoms with Crippen LogP contribution in [0.1, 0.15) is 11.8 Å². The Morgan fingerprint density at radius 3 is 2.66 bits per heavy atom. The maximum absolute atomic E-state index is 5.47. The molecule has 0 unspecified atom stereocenters. The molecule has 0 bridgehead atoms. The van der Waals surface area contributed by atoms with Crippen LogP contribution in [0.2, 0.25) is 0 Å².